The molecule has 2 aromatic heterocycles. The molecule has 0 saturated carbocycles. The highest BCUT2D eigenvalue weighted by atomic mass is 35.5. The summed E-state index contributed by atoms with van der Waals surface area (Å²) in [5.74, 6) is -0.126. The van der Waals surface area contributed by atoms with Gasteiger partial charge < -0.3 is 19.7 Å². The Labute approximate surface area is 223 Å². The second-order valence-corrected chi connectivity index (χ2v) is 10.4. The number of aromatic nitrogens is 4. The van der Waals surface area contributed by atoms with Gasteiger partial charge in [-0.3, -0.25) is 14.9 Å². The van der Waals surface area contributed by atoms with E-state index in [1.165, 1.54) is 22.7 Å². The maximum Gasteiger partial charge on any atom is 0.410 e. The van der Waals surface area contributed by atoms with Crippen LogP contribution in [0.1, 0.15) is 52.3 Å². The smallest absolute Gasteiger partial charge is 0.410 e. The molecule has 202 valence electrons. The number of amides is 1. The van der Waals surface area contributed by atoms with Crippen LogP contribution in [0.25, 0.3) is 0 Å². The fraction of sp³-hybridized carbons (Fsp3) is 0.591. The molecule has 0 aliphatic carbocycles. The number of hydrogen-bond acceptors (Lipinski definition) is 10. The van der Waals surface area contributed by atoms with Crippen molar-refractivity contribution in [3.05, 3.63) is 32.3 Å². The quantitative estimate of drug-likeness (QED) is 0.283. The number of piperidine rings is 1. The first kappa shape index (κ1) is 28.4. The number of nitrogens with one attached hydrogen (secondary N) is 1. The van der Waals surface area contributed by atoms with Crippen molar-refractivity contribution in [2.24, 2.45) is 0 Å². The summed E-state index contributed by atoms with van der Waals surface area (Å²) in [6.07, 6.45) is 1.45. The third-order valence-corrected chi connectivity index (χ3v) is 5.95. The summed E-state index contributed by atoms with van der Waals surface area (Å²) >= 11 is 11.9. The number of carbonyl (C=O) groups is 2. The summed E-state index contributed by atoms with van der Waals surface area (Å²) in [5.41, 5.74) is -0.810. The molecule has 1 aliphatic heterocycles. The number of nitro groups is 1. The molecular weight excluding hydrogens is 529 g/mol. The number of ether oxygens (including phenoxy) is 2. The van der Waals surface area contributed by atoms with Gasteiger partial charge in [0.1, 0.15) is 28.2 Å². The minimum absolute atomic E-state index is 0.0402. The molecule has 3 heterocycles. The number of nitrogens with zero attached hydrogens (tertiary/aromatic N) is 6. The first-order valence-corrected chi connectivity index (χ1v) is 12.3. The fourth-order valence-corrected chi connectivity index (χ4v) is 4.01. The number of anilines is 1. The summed E-state index contributed by atoms with van der Waals surface area (Å²) in [6.45, 7) is 8.74. The summed E-state index contributed by atoms with van der Waals surface area (Å²) in [5, 5.41) is 19.4. The Balaban J connectivity index is 1.66. The van der Waals surface area contributed by atoms with Gasteiger partial charge in [-0.15, -0.1) is 5.10 Å². The second-order valence-electron chi connectivity index (χ2n) is 9.63. The van der Waals surface area contributed by atoms with Gasteiger partial charge in [-0.05, 0) is 52.6 Å². The Hall–Kier alpha value is -3.19. The van der Waals surface area contributed by atoms with Crippen molar-refractivity contribution >= 4 is 46.6 Å². The summed E-state index contributed by atoms with van der Waals surface area (Å²) in [6, 6.07) is -0.940. The lowest BCUT2D eigenvalue weighted by Gasteiger charge is -2.32. The number of halogens is 2. The lowest BCUT2D eigenvalue weighted by Crippen LogP contribution is -2.47. The van der Waals surface area contributed by atoms with Crippen molar-refractivity contribution in [2.45, 2.75) is 65.1 Å². The molecule has 2 aromatic rings. The molecule has 13 nitrogen and oxygen atoms in total. The van der Waals surface area contributed by atoms with Gasteiger partial charge in [-0.1, -0.05) is 11.6 Å². The Kier molecular flexibility index (Phi) is 8.80. The van der Waals surface area contributed by atoms with Gasteiger partial charge in [-0.2, -0.15) is 4.98 Å². The molecule has 1 amide bonds. The molecular formula is C22H29Cl2N7O6. The van der Waals surface area contributed by atoms with E-state index >= 15 is 0 Å². The van der Waals surface area contributed by atoms with Crippen LogP contribution >= 0.6 is 23.2 Å². The fourth-order valence-electron chi connectivity index (χ4n) is 3.73. The number of likely N-dealkylation sites (tertiary alicyclic amines) is 1. The Morgan fingerprint density at radius 1 is 1.38 bits per heavy atom. The summed E-state index contributed by atoms with van der Waals surface area (Å²) in [4.78, 5) is 45.5. The SMILES string of the molecule is Cc1c([N+](=O)[O-])c(OCCC(C)Nc2nc(Cl)ncc2Cl)nn1C1CCN(C(=O)OC(C)(C)C)CC1=O. The van der Waals surface area contributed by atoms with Crippen LogP contribution in [-0.4, -0.2) is 72.8 Å². The zero-order chi connectivity index (χ0) is 27.5. The van der Waals surface area contributed by atoms with Crippen LogP contribution < -0.4 is 10.1 Å². The lowest BCUT2D eigenvalue weighted by atomic mass is 10.0. The molecule has 0 spiro atoms. The van der Waals surface area contributed by atoms with E-state index in [0.717, 1.165) is 0 Å². The zero-order valence-corrected chi connectivity index (χ0v) is 22.7. The molecule has 2 atom stereocenters. The Bertz CT molecular complexity index is 1180. The predicted octanol–water partition coefficient (Wildman–Crippen LogP) is 4.22. The molecule has 0 bridgehead atoms. The van der Waals surface area contributed by atoms with Crippen LogP contribution in [0.3, 0.4) is 0 Å². The monoisotopic (exact) mass is 557 g/mol. The highest BCUT2D eigenvalue weighted by molar-refractivity contribution is 6.33. The largest absolute Gasteiger partial charge is 0.472 e. The molecule has 2 unspecified atom stereocenters. The van der Waals surface area contributed by atoms with Crippen LogP contribution in [-0.2, 0) is 9.53 Å². The Morgan fingerprint density at radius 3 is 2.70 bits per heavy atom. The third-order valence-electron chi connectivity index (χ3n) is 5.50. The van der Waals surface area contributed by atoms with E-state index in [-0.39, 0.29) is 60.5 Å². The summed E-state index contributed by atoms with van der Waals surface area (Å²) in [7, 11) is 0. The highest BCUT2D eigenvalue weighted by Gasteiger charge is 2.37. The van der Waals surface area contributed by atoms with Crippen LogP contribution in [0.15, 0.2) is 6.20 Å². The van der Waals surface area contributed by atoms with Gasteiger partial charge in [0.15, 0.2) is 5.78 Å². The predicted molar refractivity (Wildman–Crippen MR) is 135 cm³/mol. The molecule has 1 fully saturated rings. The van der Waals surface area contributed by atoms with Gasteiger partial charge >= 0.3 is 17.7 Å². The van der Waals surface area contributed by atoms with Crippen LogP contribution in [0.4, 0.5) is 16.3 Å². The molecule has 1 aliphatic rings. The van der Waals surface area contributed by atoms with Gasteiger partial charge in [0, 0.05) is 19.0 Å². The number of hydrogen-bond donors (Lipinski definition) is 1. The Morgan fingerprint density at radius 2 is 2.08 bits per heavy atom. The molecule has 37 heavy (non-hydrogen) atoms. The molecule has 1 saturated heterocycles. The molecule has 15 heteroatoms. The minimum atomic E-state index is -0.764. The van der Waals surface area contributed by atoms with E-state index in [9.17, 15) is 19.7 Å². The summed E-state index contributed by atoms with van der Waals surface area (Å²) < 4.78 is 12.3. The van der Waals surface area contributed by atoms with Crippen LogP contribution in [0, 0.1) is 17.0 Å². The highest BCUT2D eigenvalue weighted by Crippen LogP contribution is 2.34. The van der Waals surface area contributed by atoms with Gasteiger partial charge in [0.05, 0.1) is 24.3 Å². The van der Waals surface area contributed by atoms with E-state index < -0.39 is 22.7 Å². The average molecular weight is 558 g/mol. The lowest BCUT2D eigenvalue weighted by molar-refractivity contribution is -0.386. The molecule has 0 aromatic carbocycles. The standard InChI is InChI=1S/C22H29Cl2N7O6/c1-12(26-18-14(23)10-25-20(24)27-18)7-9-36-19-17(31(34)35)13(2)30(28-19)15-6-8-29(11-16(15)32)21(33)37-22(3,4)5/h10,12,15H,6-9,11H2,1-5H3,(H,25,26,27). The molecule has 3 rings (SSSR count). The van der Waals surface area contributed by atoms with E-state index in [2.05, 4.69) is 20.4 Å². The van der Waals surface area contributed by atoms with E-state index in [4.69, 9.17) is 32.7 Å². The number of rotatable bonds is 8. The van der Waals surface area contributed by atoms with Crippen LogP contribution in [0.5, 0.6) is 5.88 Å². The number of carbonyl (C=O) groups excluding carboxylic acids is 2. The normalized spacial score (nSPS) is 16.9. The van der Waals surface area contributed by atoms with Crippen molar-refractivity contribution in [2.75, 3.05) is 25.0 Å². The van der Waals surface area contributed by atoms with Gasteiger partial charge in [0.2, 0.25) is 5.28 Å². The zero-order valence-electron chi connectivity index (χ0n) is 21.2. The minimum Gasteiger partial charge on any atom is -0.472 e. The number of ketones is 1. The van der Waals surface area contributed by atoms with Crippen molar-refractivity contribution in [1.29, 1.82) is 0 Å². The first-order valence-electron chi connectivity index (χ1n) is 11.6. The molecule has 1 N–H and O–H groups in total. The maximum atomic E-state index is 12.9. The van der Waals surface area contributed by atoms with E-state index in [0.29, 0.717) is 17.3 Å². The van der Waals surface area contributed by atoms with E-state index in [1.807, 2.05) is 6.92 Å². The second kappa shape index (κ2) is 11.5. The van der Waals surface area contributed by atoms with Crippen molar-refractivity contribution < 1.29 is 24.0 Å². The van der Waals surface area contributed by atoms with Gasteiger partial charge in [0.25, 0.3) is 0 Å². The maximum absolute atomic E-state index is 12.9. The van der Waals surface area contributed by atoms with Crippen molar-refractivity contribution in [1.82, 2.24) is 24.6 Å². The topological polar surface area (TPSA) is 155 Å². The van der Waals surface area contributed by atoms with Crippen LogP contribution in [0.2, 0.25) is 10.3 Å². The van der Waals surface area contributed by atoms with Crippen molar-refractivity contribution in [3.8, 4) is 5.88 Å². The third kappa shape index (κ3) is 7.19. The van der Waals surface area contributed by atoms with Crippen molar-refractivity contribution in [3.63, 3.8) is 0 Å². The molecule has 0 radical (unpaired) electrons. The average Bonchev–Trinajstić information content (AvgIpc) is 3.11. The number of Topliss-reactive ketones (excluding diaryl/α,β-unsaturated/α-hetero) is 1. The van der Waals surface area contributed by atoms with Gasteiger partial charge in [-0.25, -0.2) is 14.5 Å². The van der Waals surface area contributed by atoms with E-state index in [1.54, 1.807) is 20.8 Å². The first-order chi connectivity index (χ1) is 17.3.